The number of ether oxygens (including phenoxy) is 2. The zero-order chi connectivity index (χ0) is 25.9. The standard InChI is InChI=1S/C28H30F2N4O3/c1-33(2)24-16-23(26-19(17-35)6-3-7-25(26)37-28(29)30)34-22-15-18(8-9-21(22)32-27(24)34)5-4-14-36-20-10-12-31-13-11-20/h3,6-9,15,17,20,23-24,28,31H,10-14,16H2,1-2H3/t23-,24?/m1/s1. The highest BCUT2D eigenvalue weighted by molar-refractivity contribution is 5.82. The largest absolute Gasteiger partial charge is 0.434 e. The second-order valence-electron chi connectivity index (χ2n) is 9.59. The Morgan fingerprint density at radius 1 is 1.24 bits per heavy atom. The van der Waals surface area contributed by atoms with Crippen LogP contribution in [-0.2, 0) is 4.74 Å². The molecule has 0 saturated carbocycles. The smallest absolute Gasteiger partial charge is 0.387 e. The number of aromatic nitrogens is 2. The summed E-state index contributed by atoms with van der Waals surface area (Å²) in [5, 5.41) is 3.32. The number of fused-ring (bicyclic) bond motifs is 3. The summed E-state index contributed by atoms with van der Waals surface area (Å²) >= 11 is 0. The van der Waals surface area contributed by atoms with Gasteiger partial charge in [-0.2, -0.15) is 8.78 Å². The highest BCUT2D eigenvalue weighted by atomic mass is 19.3. The first-order valence-corrected chi connectivity index (χ1v) is 12.5. The summed E-state index contributed by atoms with van der Waals surface area (Å²) < 4.78 is 39.3. The van der Waals surface area contributed by atoms with E-state index in [1.54, 1.807) is 12.1 Å². The molecule has 1 N–H and O–H groups in total. The maximum atomic E-state index is 13.3. The predicted molar refractivity (Wildman–Crippen MR) is 136 cm³/mol. The van der Waals surface area contributed by atoms with Crippen LogP contribution in [-0.4, -0.2) is 67.2 Å². The number of aldehydes is 1. The van der Waals surface area contributed by atoms with E-state index < -0.39 is 12.7 Å². The number of carbonyl (C=O) groups excluding carboxylic acids is 1. The number of nitrogens with one attached hydrogen (secondary N) is 1. The van der Waals surface area contributed by atoms with Crippen LogP contribution in [0.1, 0.15) is 58.7 Å². The summed E-state index contributed by atoms with van der Waals surface area (Å²) in [6.45, 7) is -0.708. The van der Waals surface area contributed by atoms with Gasteiger partial charge in [-0.1, -0.05) is 24.0 Å². The molecule has 0 radical (unpaired) electrons. The molecule has 1 unspecified atom stereocenters. The van der Waals surface area contributed by atoms with Crippen LogP contribution in [0.4, 0.5) is 8.78 Å². The molecule has 3 aromatic rings. The Kier molecular flexibility index (Phi) is 7.51. The normalized spacial score (nSPS) is 19.7. The van der Waals surface area contributed by atoms with Gasteiger partial charge in [0.15, 0.2) is 6.29 Å². The van der Waals surface area contributed by atoms with E-state index in [9.17, 15) is 13.6 Å². The van der Waals surface area contributed by atoms with Crippen molar-refractivity contribution in [3.8, 4) is 17.6 Å². The van der Waals surface area contributed by atoms with Crippen molar-refractivity contribution >= 4 is 17.3 Å². The number of piperidine rings is 1. The molecule has 2 aliphatic rings. The molecule has 2 atom stereocenters. The van der Waals surface area contributed by atoms with Crippen molar-refractivity contribution in [2.24, 2.45) is 0 Å². The van der Waals surface area contributed by atoms with Gasteiger partial charge in [-0.3, -0.25) is 9.69 Å². The van der Waals surface area contributed by atoms with E-state index in [4.69, 9.17) is 14.5 Å². The van der Waals surface area contributed by atoms with Crippen molar-refractivity contribution in [2.45, 2.75) is 44.1 Å². The van der Waals surface area contributed by atoms with E-state index in [-0.39, 0.29) is 17.9 Å². The molecular weight excluding hydrogens is 478 g/mol. The maximum absolute atomic E-state index is 13.3. The first-order valence-electron chi connectivity index (χ1n) is 12.5. The molecular formula is C28H30F2N4O3. The second kappa shape index (κ2) is 11.0. The Morgan fingerprint density at radius 3 is 2.78 bits per heavy atom. The zero-order valence-electron chi connectivity index (χ0n) is 20.9. The van der Waals surface area contributed by atoms with Crippen LogP contribution < -0.4 is 10.1 Å². The summed E-state index contributed by atoms with van der Waals surface area (Å²) in [7, 11) is 3.91. The number of alkyl halides is 2. The monoisotopic (exact) mass is 508 g/mol. The van der Waals surface area contributed by atoms with Crippen LogP contribution in [0.2, 0.25) is 0 Å². The van der Waals surface area contributed by atoms with Gasteiger partial charge in [0.25, 0.3) is 0 Å². The van der Waals surface area contributed by atoms with Crippen molar-refractivity contribution in [1.82, 2.24) is 19.8 Å². The summed E-state index contributed by atoms with van der Waals surface area (Å²) in [4.78, 5) is 18.9. The molecule has 1 fully saturated rings. The molecule has 2 aromatic carbocycles. The summed E-state index contributed by atoms with van der Waals surface area (Å²) in [5.74, 6) is 7.11. The second-order valence-corrected chi connectivity index (χ2v) is 9.59. The third kappa shape index (κ3) is 5.23. The first-order chi connectivity index (χ1) is 18.0. The Labute approximate surface area is 214 Å². The Morgan fingerprint density at radius 2 is 2.05 bits per heavy atom. The van der Waals surface area contributed by atoms with E-state index in [2.05, 4.69) is 17.2 Å². The average molecular weight is 509 g/mol. The van der Waals surface area contributed by atoms with Crippen LogP contribution >= 0.6 is 0 Å². The van der Waals surface area contributed by atoms with E-state index in [0.717, 1.165) is 48.4 Å². The van der Waals surface area contributed by atoms with Crippen LogP contribution in [0.5, 0.6) is 5.75 Å². The minimum Gasteiger partial charge on any atom is -0.434 e. The van der Waals surface area contributed by atoms with Gasteiger partial charge in [-0.05, 0) is 70.7 Å². The van der Waals surface area contributed by atoms with E-state index in [0.29, 0.717) is 30.4 Å². The minimum absolute atomic E-state index is 0.00261. The molecule has 1 aromatic heterocycles. The lowest BCUT2D eigenvalue weighted by Crippen LogP contribution is -2.32. The Hall–Kier alpha value is -3.32. The number of carbonyl (C=O) groups is 1. The molecule has 194 valence electrons. The van der Waals surface area contributed by atoms with Crippen molar-refractivity contribution in [3.63, 3.8) is 0 Å². The fraction of sp³-hybridized carbons (Fsp3) is 0.429. The molecule has 37 heavy (non-hydrogen) atoms. The lowest BCUT2D eigenvalue weighted by Gasteiger charge is -2.22. The molecule has 0 aliphatic carbocycles. The van der Waals surface area contributed by atoms with E-state index in [1.165, 1.54) is 6.07 Å². The van der Waals surface area contributed by atoms with Gasteiger partial charge in [-0.15, -0.1) is 0 Å². The predicted octanol–water partition coefficient (Wildman–Crippen LogP) is 4.17. The quantitative estimate of drug-likeness (QED) is 0.382. The third-order valence-corrected chi connectivity index (χ3v) is 7.08. The van der Waals surface area contributed by atoms with Gasteiger partial charge < -0.3 is 19.4 Å². The summed E-state index contributed by atoms with van der Waals surface area (Å²) in [5.41, 5.74) is 3.18. The number of rotatable bonds is 7. The van der Waals surface area contributed by atoms with Gasteiger partial charge in [0, 0.05) is 16.7 Å². The van der Waals surface area contributed by atoms with Crippen LogP contribution in [0.15, 0.2) is 36.4 Å². The van der Waals surface area contributed by atoms with Crippen LogP contribution in [0.25, 0.3) is 11.0 Å². The third-order valence-electron chi connectivity index (χ3n) is 7.08. The number of benzene rings is 2. The van der Waals surface area contributed by atoms with Crippen molar-refractivity contribution in [3.05, 3.63) is 58.9 Å². The van der Waals surface area contributed by atoms with Gasteiger partial charge >= 0.3 is 6.61 Å². The van der Waals surface area contributed by atoms with Crippen LogP contribution in [0.3, 0.4) is 0 Å². The summed E-state index contributed by atoms with van der Waals surface area (Å²) in [6.07, 6.45) is 3.47. The van der Waals surface area contributed by atoms with Gasteiger partial charge in [-0.25, -0.2) is 4.98 Å². The van der Waals surface area contributed by atoms with Crippen molar-refractivity contribution in [1.29, 1.82) is 0 Å². The summed E-state index contributed by atoms with van der Waals surface area (Å²) in [6, 6.07) is 9.99. The van der Waals surface area contributed by atoms with Crippen LogP contribution in [0, 0.1) is 11.8 Å². The molecule has 0 spiro atoms. The molecule has 2 aliphatic heterocycles. The topological polar surface area (TPSA) is 68.6 Å². The SMILES string of the molecule is CN(C)C1C[C@H](c2c(C=O)cccc2OC(F)F)n2c1nc1ccc(C#CCOC3CCNCC3)cc12. The lowest BCUT2D eigenvalue weighted by molar-refractivity contribution is -0.0507. The van der Waals surface area contributed by atoms with Gasteiger partial charge in [0.05, 0.1) is 29.2 Å². The molecule has 7 nitrogen and oxygen atoms in total. The highest BCUT2D eigenvalue weighted by Crippen LogP contribution is 2.46. The first kappa shape index (κ1) is 25.3. The Bertz CT molecular complexity index is 1340. The average Bonchev–Trinajstić information content (AvgIpc) is 3.44. The van der Waals surface area contributed by atoms with Gasteiger partial charge in [0.2, 0.25) is 0 Å². The fourth-order valence-corrected chi connectivity index (χ4v) is 5.34. The van der Waals surface area contributed by atoms with E-state index >= 15 is 0 Å². The fourth-order valence-electron chi connectivity index (χ4n) is 5.34. The highest BCUT2D eigenvalue weighted by Gasteiger charge is 2.38. The number of halogens is 2. The van der Waals surface area contributed by atoms with Crippen molar-refractivity contribution < 1.29 is 23.0 Å². The lowest BCUT2D eigenvalue weighted by atomic mass is 9.96. The number of imidazole rings is 1. The number of hydrogen-bond acceptors (Lipinski definition) is 6. The van der Waals surface area contributed by atoms with E-state index in [1.807, 2.05) is 41.8 Å². The molecule has 9 heteroatoms. The molecule has 5 rings (SSSR count). The van der Waals surface area contributed by atoms with Gasteiger partial charge in [0.1, 0.15) is 18.2 Å². The maximum Gasteiger partial charge on any atom is 0.387 e. The molecule has 1 saturated heterocycles. The molecule has 0 amide bonds. The number of nitrogens with zero attached hydrogens (tertiary/aromatic N) is 3. The Balaban J connectivity index is 1.52. The van der Waals surface area contributed by atoms with Crippen molar-refractivity contribution in [2.75, 3.05) is 33.8 Å². The minimum atomic E-state index is -3.00. The zero-order valence-corrected chi connectivity index (χ0v) is 20.9. The number of hydrogen-bond donors (Lipinski definition) is 1. The molecule has 0 bridgehead atoms. The molecule has 3 heterocycles.